The van der Waals surface area contributed by atoms with E-state index >= 15 is 0 Å². The van der Waals surface area contributed by atoms with Gasteiger partial charge in [0.2, 0.25) is 0 Å². The van der Waals surface area contributed by atoms with E-state index in [1.165, 1.54) is 11.3 Å². The van der Waals surface area contributed by atoms with Crippen LogP contribution in [0.2, 0.25) is 0 Å². The smallest absolute Gasteiger partial charge is 0.263 e. The minimum absolute atomic E-state index is 0.142. The van der Waals surface area contributed by atoms with Crippen LogP contribution >= 0.6 is 11.3 Å². The van der Waals surface area contributed by atoms with Gasteiger partial charge in [0.25, 0.3) is 5.91 Å². The summed E-state index contributed by atoms with van der Waals surface area (Å²) in [4.78, 5) is 16.9. The molecule has 1 amide bonds. The number of benzene rings is 1. The summed E-state index contributed by atoms with van der Waals surface area (Å²) >= 11 is 1.44. The summed E-state index contributed by atoms with van der Waals surface area (Å²) in [5.41, 5.74) is 8.77. The summed E-state index contributed by atoms with van der Waals surface area (Å²) in [6.07, 6.45) is 3.44. The number of rotatable bonds is 3. The summed E-state index contributed by atoms with van der Waals surface area (Å²) in [6, 6.07) is 9.70. The fraction of sp³-hybridized carbons (Fsp3) is 0.125. The van der Waals surface area contributed by atoms with Gasteiger partial charge in [-0.25, -0.2) is 0 Å². The number of amides is 1. The van der Waals surface area contributed by atoms with Crippen LogP contribution in [-0.4, -0.2) is 10.9 Å². The second-order valence-corrected chi connectivity index (χ2v) is 5.86. The molecule has 0 saturated heterocycles. The first kappa shape index (κ1) is 13.6. The Morgan fingerprint density at radius 2 is 2.19 bits per heavy atom. The van der Waals surface area contributed by atoms with Crippen molar-refractivity contribution in [2.45, 2.75) is 13.5 Å². The lowest BCUT2D eigenvalue weighted by Gasteiger charge is -2.04. The van der Waals surface area contributed by atoms with Gasteiger partial charge in [-0.3, -0.25) is 9.78 Å². The number of nitrogens with one attached hydrogen (secondary N) is 1. The van der Waals surface area contributed by atoms with Crippen LogP contribution in [0.1, 0.15) is 20.8 Å². The average molecular weight is 297 g/mol. The number of thiophene rings is 1. The maximum absolute atomic E-state index is 12.3. The first-order chi connectivity index (χ1) is 10.2. The molecule has 2 aromatic heterocycles. The third-order valence-corrected chi connectivity index (χ3v) is 4.69. The Balaban J connectivity index is 1.85. The SMILES string of the molecule is Cc1cccc2c(N)c(C(=O)NCc3cccnc3)sc12. The van der Waals surface area contributed by atoms with Gasteiger partial charge < -0.3 is 11.1 Å². The lowest BCUT2D eigenvalue weighted by molar-refractivity contribution is 0.0956. The Hall–Kier alpha value is -2.40. The number of aromatic nitrogens is 1. The molecule has 0 unspecified atom stereocenters. The summed E-state index contributed by atoms with van der Waals surface area (Å²) < 4.78 is 1.07. The summed E-state index contributed by atoms with van der Waals surface area (Å²) in [5, 5.41) is 3.84. The largest absolute Gasteiger partial charge is 0.397 e. The molecule has 3 N–H and O–H groups in total. The quantitative estimate of drug-likeness (QED) is 0.780. The normalized spacial score (nSPS) is 10.7. The molecule has 4 nitrogen and oxygen atoms in total. The molecule has 2 heterocycles. The van der Waals surface area contributed by atoms with Gasteiger partial charge >= 0.3 is 0 Å². The van der Waals surface area contributed by atoms with Crippen molar-refractivity contribution in [2.75, 3.05) is 5.73 Å². The number of anilines is 1. The van der Waals surface area contributed by atoms with Crippen molar-refractivity contribution in [1.29, 1.82) is 0 Å². The third kappa shape index (κ3) is 2.60. The molecule has 1 aromatic carbocycles. The molecule has 0 saturated carbocycles. The van der Waals surface area contributed by atoms with Crippen molar-refractivity contribution < 1.29 is 4.79 Å². The second-order valence-electron chi connectivity index (χ2n) is 4.84. The summed E-state index contributed by atoms with van der Waals surface area (Å²) in [6.45, 7) is 2.47. The molecular weight excluding hydrogens is 282 g/mol. The number of hydrogen-bond acceptors (Lipinski definition) is 4. The van der Waals surface area contributed by atoms with Gasteiger partial charge in [0, 0.05) is 29.0 Å². The number of aryl methyl sites for hydroxylation is 1. The van der Waals surface area contributed by atoms with E-state index in [0.29, 0.717) is 17.1 Å². The second kappa shape index (κ2) is 5.54. The average Bonchev–Trinajstić information content (AvgIpc) is 2.85. The number of nitrogens with two attached hydrogens (primary N) is 1. The van der Waals surface area contributed by atoms with Crippen LogP contribution < -0.4 is 11.1 Å². The number of pyridine rings is 1. The highest BCUT2D eigenvalue weighted by Gasteiger charge is 2.16. The molecular formula is C16H15N3OS. The maximum atomic E-state index is 12.3. The predicted molar refractivity (Wildman–Crippen MR) is 86.4 cm³/mol. The number of carbonyl (C=O) groups excluding carboxylic acids is 1. The number of nitrogens with zero attached hydrogens (tertiary/aromatic N) is 1. The van der Waals surface area contributed by atoms with Gasteiger partial charge in [-0.15, -0.1) is 11.3 Å². The van der Waals surface area contributed by atoms with Gasteiger partial charge in [0.15, 0.2) is 0 Å². The zero-order valence-corrected chi connectivity index (χ0v) is 12.4. The van der Waals surface area contributed by atoms with Crippen molar-refractivity contribution in [3.8, 4) is 0 Å². The van der Waals surface area contributed by atoms with E-state index in [9.17, 15) is 4.79 Å². The highest BCUT2D eigenvalue weighted by molar-refractivity contribution is 7.21. The monoisotopic (exact) mass is 297 g/mol. The zero-order valence-electron chi connectivity index (χ0n) is 11.6. The fourth-order valence-corrected chi connectivity index (χ4v) is 3.32. The minimum Gasteiger partial charge on any atom is -0.397 e. The molecule has 0 aliphatic carbocycles. The van der Waals surface area contributed by atoms with E-state index in [4.69, 9.17) is 5.73 Å². The lowest BCUT2D eigenvalue weighted by Crippen LogP contribution is -2.22. The Labute approximate surface area is 126 Å². The van der Waals surface area contributed by atoms with E-state index < -0.39 is 0 Å². The number of nitrogen functional groups attached to an aromatic ring is 1. The van der Waals surface area contributed by atoms with E-state index in [2.05, 4.69) is 10.3 Å². The molecule has 0 atom stereocenters. The molecule has 0 radical (unpaired) electrons. The van der Waals surface area contributed by atoms with E-state index in [1.807, 2.05) is 37.3 Å². The molecule has 0 fully saturated rings. The first-order valence-corrected chi connectivity index (χ1v) is 7.43. The predicted octanol–water partition coefficient (Wildman–Crippen LogP) is 3.12. The first-order valence-electron chi connectivity index (χ1n) is 6.61. The maximum Gasteiger partial charge on any atom is 0.263 e. The zero-order chi connectivity index (χ0) is 14.8. The van der Waals surface area contributed by atoms with Crippen LogP contribution in [0.25, 0.3) is 10.1 Å². The highest BCUT2D eigenvalue weighted by Crippen LogP contribution is 2.35. The molecule has 5 heteroatoms. The molecule has 3 rings (SSSR count). The fourth-order valence-electron chi connectivity index (χ4n) is 2.21. The van der Waals surface area contributed by atoms with Gasteiger partial charge in [-0.1, -0.05) is 24.3 Å². The van der Waals surface area contributed by atoms with Gasteiger partial charge in [-0.2, -0.15) is 0 Å². The molecule has 106 valence electrons. The van der Waals surface area contributed by atoms with Crippen LogP contribution in [0, 0.1) is 6.92 Å². The topological polar surface area (TPSA) is 68.0 Å². The van der Waals surface area contributed by atoms with E-state index in [-0.39, 0.29) is 5.91 Å². The summed E-state index contributed by atoms with van der Waals surface area (Å²) in [5.74, 6) is -0.142. The Morgan fingerprint density at radius 3 is 2.90 bits per heavy atom. The number of fused-ring (bicyclic) bond motifs is 1. The molecule has 0 bridgehead atoms. The van der Waals surface area contributed by atoms with Crippen molar-refractivity contribution in [3.05, 3.63) is 58.7 Å². The van der Waals surface area contributed by atoms with Crippen LogP contribution in [0.15, 0.2) is 42.7 Å². The van der Waals surface area contributed by atoms with Gasteiger partial charge in [-0.05, 0) is 24.1 Å². The molecule has 0 spiro atoms. The Morgan fingerprint density at radius 1 is 1.33 bits per heavy atom. The molecule has 0 aliphatic heterocycles. The van der Waals surface area contributed by atoms with Crippen molar-refractivity contribution >= 4 is 33.0 Å². The van der Waals surface area contributed by atoms with Crippen LogP contribution in [0.5, 0.6) is 0 Å². The highest BCUT2D eigenvalue weighted by atomic mass is 32.1. The summed E-state index contributed by atoms with van der Waals surface area (Å²) in [7, 11) is 0. The van der Waals surface area contributed by atoms with Crippen molar-refractivity contribution in [1.82, 2.24) is 10.3 Å². The van der Waals surface area contributed by atoms with Gasteiger partial charge in [0.05, 0.1) is 5.69 Å². The van der Waals surface area contributed by atoms with Crippen LogP contribution in [-0.2, 0) is 6.54 Å². The van der Waals surface area contributed by atoms with Crippen LogP contribution in [0.3, 0.4) is 0 Å². The Bertz CT molecular complexity index is 796. The van der Waals surface area contributed by atoms with Gasteiger partial charge in [0.1, 0.15) is 4.88 Å². The minimum atomic E-state index is -0.142. The number of carbonyl (C=O) groups is 1. The van der Waals surface area contributed by atoms with E-state index in [0.717, 1.165) is 21.2 Å². The van der Waals surface area contributed by atoms with Crippen molar-refractivity contribution in [3.63, 3.8) is 0 Å². The third-order valence-electron chi connectivity index (χ3n) is 3.33. The van der Waals surface area contributed by atoms with Crippen molar-refractivity contribution in [2.24, 2.45) is 0 Å². The molecule has 21 heavy (non-hydrogen) atoms. The lowest BCUT2D eigenvalue weighted by atomic mass is 10.1. The molecule has 0 aliphatic rings. The van der Waals surface area contributed by atoms with Crippen LogP contribution in [0.4, 0.5) is 5.69 Å². The Kier molecular flexibility index (Phi) is 3.58. The van der Waals surface area contributed by atoms with E-state index in [1.54, 1.807) is 12.4 Å². The standard InChI is InChI=1S/C16H15N3OS/c1-10-4-2-6-12-13(17)15(21-14(10)12)16(20)19-9-11-5-3-7-18-8-11/h2-8H,9,17H2,1H3,(H,19,20). The molecule has 3 aromatic rings. The number of hydrogen-bond donors (Lipinski definition) is 2.